The van der Waals surface area contributed by atoms with Gasteiger partial charge in [0, 0.05) is 56.9 Å². The van der Waals surface area contributed by atoms with Crippen LogP contribution in [0.2, 0.25) is 0 Å². The third kappa shape index (κ3) is 6.64. The van der Waals surface area contributed by atoms with E-state index >= 15 is 0 Å². The van der Waals surface area contributed by atoms with Crippen LogP contribution in [0.1, 0.15) is 62.5 Å². The number of carbonyl (C=O) groups is 2. The zero-order chi connectivity index (χ0) is 36.0. The fraction of sp³-hybridized carbons (Fsp3) is 0.405. The molecular formula is C37H46N6O6S. The van der Waals surface area contributed by atoms with Gasteiger partial charge in [0.25, 0.3) is 15.9 Å². The second kappa shape index (κ2) is 13.6. The maximum absolute atomic E-state index is 13.9. The normalized spacial score (nSPS) is 19.8. The summed E-state index contributed by atoms with van der Waals surface area (Å²) >= 11 is 0. The average molecular weight is 703 g/mol. The second-order valence-electron chi connectivity index (χ2n) is 13.9. The van der Waals surface area contributed by atoms with Crippen molar-refractivity contribution >= 4 is 33.2 Å². The van der Waals surface area contributed by atoms with E-state index in [-0.39, 0.29) is 28.6 Å². The number of anilines is 2. The third-order valence-electron chi connectivity index (χ3n) is 9.64. The Morgan fingerprint density at radius 2 is 1.84 bits per heavy atom. The summed E-state index contributed by atoms with van der Waals surface area (Å²) in [6, 6.07) is 18.2. The second-order valence-corrected chi connectivity index (χ2v) is 15.5. The number of sulfonamides is 1. The molecule has 0 aromatic heterocycles. The number of para-hydroxylation sites is 1. The van der Waals surface area contributed by atoms with Crippen molar-refractivity contribution in [3.8, 4) is 11.1 Å². The predicted molar refractivity (Wildman–Crippen MR) is 192 cm³/mol. The van der Waals surface area contributed by atoms with E-state index in [1.54, 1.807) is 43.3 Å². The molecule has 1 saturated heterocycles. The predicted octanol–water partition coefficient (Wildman–Crippen LogP) is 5.00. The van der Waals surface area contributed by atoms with E-state index in [1.165, 1.54) is 0 Å². The molecule has 3 aliphatic rings. The lowest BCUT2D eigenvalue weighted by molar-refractivity contribution is -0.135. The van der Waals surface area contributed by atoms with Gasteiger partial charge in [-0.25, -0.2) is 13.1 Å². The van der Waals surface area contributed by atoms with E-state index in [1.807, 2.05) is 80.8 Å². The quantitative estimate of drug-likeness (QED) is 0.253. The Morgan fingerprint density at radius 1 is 1.08 bits per heavy atom. The number of amides is 2. The first-order valence-electron chi connectivity index (χ1n) is 16.9. The van der Waals surface area contributed by atoms with Crippen molar-refractivity contribution in [2.75, 3.05) is 37.5 Å². The molecular weight excluding hydrogens is 657 g/mol. The maximum atomic E-state index is 13.9. The van der Waals surface area contributed by atoms with Gasteiger partial charge in [-0.1, -0.05) is 56.3 Å². The molecule has 13 heteroatoms. The van der Waals surface area contributed by atoms with Gasteiger partial charge in [-0.2, -0.15) is 0 Å². The molecule has 6 rings (SSSR count). The summed E-state index contributed by atoms with van der Waals surface area (Å²) in [5.41, 5.74) is 8.05. The standard InChI is InChI=1S/C37H46N6O6S/c1-8-48-36-38-30-14-11-13-29(34(44)41(6)7)32(30)43(36)21-25-16-17-27(26(20-25)22-42-19-18-37(4,5)35(42)45)28-12-9-10-15-31(28)50(46,47)40-33-23(2)24(3)39-49-33/h9-17,20,24,36,38-40H,8,18-19,21-22H2,1-7H3. The molecule has 12 nitrogen and oxygen atoms in total. The van der Waals surface area contributed by atoms with Gasteiger partial charge in [-0.05, 0) is 62.1 Å². The van der Waals surface area contributed by atoms with Crippen LogP contribution in [0.15, 0.2) is 77.0 Å². The van der Waals surface area contributed by atoms with Crippen LogP contribution >= 0.6 is 0 Å². The first-order valence-corrected chi connectivity index (χ1v) is 18.4. The topological polar surface area (TPSA) is 133 Å². The first-order chi connectivity index (χ1) is 23.7. The molecule has 3 aliphatic heterocycles. The minimum absolute atomic E-state index is 0.0553. The lowest BCUT2D eigenvalue weighted by Crippen LogP contribution is -2.38. The van der Waals surface area contributed by atoms with Crippen molar-refractivity contribution in [3.63, 3.8) is 0 Å². The van der Waals surface area contributed by atoms with E-state index in [4.69, 9.17) is 9.57 Å². The lowest BCUT2D eigenvalue weighted by atomic mass is 9.92. The van der Waals surface area contributed by atoms with Gasteiger partial charge in [0.1, 0.15) is 0 Å². The summed E-state index contributed by atoms with van der Waals surface area (Å²) in [7, 11) is -0.617. The summed E-state index contributed by atoms with van der Waals surface area (Å²) < 4.78 is 36.5. The molecule has 2 unspecified atom stereocenters. The fourth-order valence-electron chi connectivity index (χ4n) is 6.62. The molecule has 1 fully saturated rings. The first kappa shape index (κ1) is 35.2. The smallest absolute Gasteiger partial charge is 0.264 e. The Balaban J connectivity index is 1.43. The summed E-state index contributed by atoms with van der Waals surface area (Å²) in [5, 5.41) is 3.41. The lowest BCUT2D eigenvalue weighted by Gasteiger charge is -2.28. The average Bonchev–Trinajstić information content (AvgIpc) is 3.68. The van der Waals surface area contributed by atoms with Crippen LogP contribution in [0.4, 0.5) is 11.4 Å². The molecule has 0 saturated carbocycles. The molecule has 3 aromatic carbocycles. The Morgan fingerprint density at radius 3 is 2.50 bits per heavy atom. The summed E-state index contributed by atoms with van der Waals surface area (Å²) in [6.45, 7) is 11.3. The Labute approximate surface area is 294 Å². The van der Waals surface area contributed by atoms with Gasteiger partial charge in [-0.3, -0.25) is 9.59 Å². The number of hydrogen-bond donors (Lipinski definition) is 3. The van der Waals surface area contributed by atoms with Gasteiger partial charge in [0.15, 0.2) is 0 Å². The molecule has 2 atom stereocenters. The minimum atomic E-state index is -4.07. The van der Waals surface area contributed by atoms with Crippen LogP contribution in [0.3, 0.4) is 0 Å². The van der Waals surface area contributed by atoms with Gasteiger partial charge >= 0.3 is 0 Å². The van der Waals surface area contributed by atoms with Crippen LogP contribution in [0, 0.1) is 5.41 Å². The fourth-order valence-corrected chi connectivity index (χ4v) is 7.90. The number of nitrogens with one attached hydrogen (secondary N) is 3. The van der Waals surface area contributed by atoms with Crippen molar-refractivity contribution in [2.45, 2.75) is 71.4 Å². The molecule has 3 heterocycles. The van der Waals surface area contributed by atoms with E-state index < -0.39 is 21.8 Å². The van der Waals surface area contributed by atoms with E-state index in [9.17, 15) is 18.0 Å². The summed E-state index contributed by atoms with van der Waals surface area (Å²) in [5.74, 6) is 0.0885. The SMILES string of the molecule is CCOC1Nc2cccc(C(=O)N(C)C)c2N1Cc1ccc(-c2ccccc2S(=O)(=O)NC2=C(C)C(C)NO2)c(CN2CCC(C)(C)C2=O)c1. The van der Waals surface area contributed by atoms with Crippen LogP contribution in [-0.2, 0) is 37.5 Å². The van der Waals surface area contributed by atoms with Crippen LogP contribution in [0.25, 0.3) is 11.1 Å². The molecule has 0 radical (unpaired) electrons. The molecule has 2 amide bonds. The molecule has 0 spiro atoms. The molecule has 266 valence electrons. The molecule has 3 N–H and O–H groups in total. The number of likely N-dealkylation sites (tertiary alicyclic amines) is 1. The zero-order valence-corrected chi connectivity index (χ0v) is 30.5. The van der Waals surface area contributed by atoms with Gasteiger partial charge < -0.3 is 29.6 Å². The highest BCUT2D eigenvalue weighted by molar-refractivity contribution is 7.89. The molecule has 0 aliphatic carbocycles. The van der Waals surface area contributed by atoms with Crippen LogP contribution in [0.5, 0.6) is 0 Å². The monoisotopic (exact) mass is 702 g/mol. The summed E-state index contributed by atoms with van der Waals surface area (Å²) in [4.78, 5) is 37.7. The minimum Gasteiger partial charge on any atom is -0.389 e. The van der Waals surface area contributed by atoms with Crippen molar-refractivity contribution in [2.24, 2.45) is 5.41 Å². The van der Waals surface area contributed by atoms with Crippen molar-refractivity contribution in [3.05, 3.63) is 88.8 Å². The Hall–Kier alpha value is -4.59. The Bertz CT molecular complexity index is 1960. The molecule has 3 aromatic rings. The van der Waals surface area contributed by atoms with Gasteiger partial charge in [0.05, 0.1) is 27.9 Å². The van der Waals surface area contributed by atoms with Crippen molar-refractivity contribution in [1.29, 1.82) is 0 Å². The third-order valence-corrected chi connectivity index (χ3v) is 11.0. The zero-order valence-electron chi connectivity index (χ0n) is 29.7. The van der Waals surface area contributed by atoms with Crippen molar-refractivity contribution < 1.29 is 27.6 Å². The largest absolute Gasteiger partial charge is 0.389 e. The van der Waals surface area contributed by atoms with Crippen LogP contribution in [-0.4, -0.2) is 69.7 Å². The summed E-state index contributed by atoms with van der Waals surface area (Å²) in [6.07, 6.45) is 0.214. The number of hydroxylamine groups is 1. The van der Waals surface area contributed by atoms with Gasteiger partial charge in [-0.15, -0.1) is 5.48 Å². The van der Waals surface area contributed by atoms with Crippen molar-refractivity contribution in [1.82, 2.24) is 20.0 Å². The highest BCUT2D eigenvalue weighted by Gasteiger charge is 2.39. The number of carbonyl (C=O) groups excluding carboxylic acids is 2. The highest BCUT2D eigenvalue weighted by atomic mass is 32.2. The molecule has 50 heavy (non-hydrogen) atoms. The number of fused-ring (bicyclic) bond motifs is 1. The maximum Gasteiger partial charge on any atom is 0.264 e. The number of benzene rings is 3. The number of hydrogen-bond acceptors (Lipinski definition) is 9. The number of rotatable bonds is 11. The van der Waals surface area contributed by atoms with E-state index in [2.05, 4.69) is 15.5 Å². The number of ether oxygens (including phenoxy) is 1. The van der Waals surface area contributed by atoms with E-state index in [0.29, 0.717) is 42.9 Å². The van der Waals surface area contributed by atoms with Gasteiger partial charge in [0.2, 0.25) is 18.1 Å². The Kier molecular flexibility index (Phi) is 9.59. The van der Waals surface area contributed by atoms with E-state index in [0.717, 1.165) is 34.5 Å². The molecule has 0 bridgehead atoms. The number of nitrogens with zero attached hydrogens (tertiary/aromatic N) is 3. The highest BCUT2D eigenvalue weighted by Crippen LogP contribution is 2.41. The van der Waals surface area contributed by atoms with Crippen LogP contribution < -0.4 is 20.4 Å².